The predicted octanol–water partition coefficient (Wildman–Crippen LogP) is 10.9. The second-order valence-electron chi connectivity index (χ2n) is 20.0. The van der Waals surface area contributed by atoms with Crippen LogP contribution in [0, 0.1) is 23.7 Å². The van der Waals surface area contributed by atoms with E-state index in [0.717, 1.165) is 67.2 Å². The normalized spacial score (nSPS) is 22.9. The zero-order valence-electron chi connectivity index (χ0n) is 42.7. The number of anilines is 1. The molecule has 6 atom stereocenters. The predicted molar refractivity (Wildman–Crippen MR) is 280 cm³/mol. The highest BCUT2D eigenvalue weighted by atomic mass is 16.7. The zero-order valence-corrected chi connectivity index (χ0v) is 42.7. The summed E-state index contributed by atoms with van der Waals surface area (Å²) in [6, 6.07) is 25.5. The molecule has 0 saturated heterocycles. The van der Waals surface area contributed by atoms with Gasteiger partial charge in [0, 0.05) is 50.1 Å². The Morgan fingerprint density at radius 1 is 0.851 bits per heavy atom. The number of oxime groups is 1. The van der Waals surface area contributed by atoms with Gasteiger partial charge in [-0.2, -0.15) is 0 Å². The highest BCUT2D eigenvalue weighted by molar-refractivity contribution is 6.03. The summed E-state index contributed by atoms with van der Waals surface area (Å²) < 4.78 is 43.4. The standard InChI is InChI=1S/C59H71N3O12/c1-4-30-71-59-54(62(55(65)27-21-39-14-8-9-15-39)36-41-20-25-51-53(31-41)70-38-69-51)35-49(61-72-37-40-16-6-5-7-17-40)46-32-42(18-10-12-28-63)45(19-11-13-29-64)56(57(46)59)47-33-44(23-26-50(47)74-59)73-58(66)60-48-24-22-43(67-2)34-52(48)68-3/h4-7,16-17,20,22-26,31-34,39,42,45,54,56-57,63-64H,1,8-15,18-19,21,27-30,35-38H2,2-3H3,(H,60,66)/t42-,45+,54-,56+,57+,59+/m0/s1. The van der Waals surface area contributed by atoms with E-state index in [2.05, 4.69) is 18.0 Å². The summed E-state index contributed by atoms with van der Waals surface area (Å²) in [6.45, 7) is 4.90. The lowest BCUT2D eigenvalue weighted by Crippen LogP contribution is -2.70. The maximum Gasteiger partial charge on any atom is 0.417 e. The van der Waals surface area contributed by atoms with Gasteiger partial charge < -0.3 is 53.1 Å². The van der Waals surface area contributed by atoms with Crippen LogP contribution in [0.3, 0.4) is 0 Å². The number of allylic oxidation sites excluding steroid dienone is 1. The van der Waals surface area contributed by atoms with Crippen LogP contribution in [0.1, 0.15) is 106 Å². The first-order valence-corrected chi connectivity index (χ1v) is 26.4. The fourth-order valence-electron chi connectivity index (χ4n) is 12.0. The number of carbonyl (C=O) groups is 2. The quantitative estimate of drug-likeness (QED) is 0.0345. The smallest absolute Gasteiger partial charge is 0.417 e. The number of ether oxygens (including phenoxy) is 7. The number of fused-ring (bicyclic) bond motifs is 3. The van der Waals surface area contributed by atoms with Crippen LogP contribution in [-0.2, 0) is 27.5 Å². The first kappa shape index (κ1) is 52.3. The Labute approximate surface area is 434 Å². The van der Waals surface area contributed by atoms with E-state index in [0.29, 0.717) is 65.3 Å². The number of hydrogen-bond donors (Lipinski definition) is 3. The third kappa shape index (κ3) is 11.7. The number of methoxy groups -OCH3 is 2. The fraction of sp³-hybridized carbons (Fsp3) is 0.475. The largest absolute Gasteiger partial charge is 0.497 e. The van der Waals surface area contributed by atoms with Crippen molar-refractivity contribution in [2.24, 2.45) is 28.8 Å². The van der Waals surface area contributed by atoms with Crippen molar-refractivity contribution in [3.05, 3.63) is 126 Å². The van der Waals surface area contributed by atoms with Gasteiger partial charge in [0.1, 0.15) is 35.6 Å². The van der Waals surface area contributed by atoms with Crippen LogP contribution in [0.5, 0.6) is 34.5 Å². The number of nitrogens with zero attached hydrogens (tertiary/aromatic N) is 2. The van der Waals surface area contributed by atoms with Gasteiger partial charge in [-0.3, -0.25) is 10.1 Å². The van der Waals surface area contributed by atoms with Crippen LogP contribution in [0.4, 0.5) is 10.5 Å². The van der Waals surface area contributed by atoms with Crippen molar-refractivity contribution >= 4 is 23.4 Å². The molecule has 2 saturated carbocycles. The Bertz CT molecular complexity index is 2630. The summed E-state index contributed by atoms with van der Waals surface area (Å²) in [5.74, 6) is 1.03. The monoisotopic (exact) mass is 1010 g/mol. The number of unbranched alkanes of at least 4 members (excludes halogenated alkanes) is 2. The van der Waals surface area contributed by atoms with Gasteiger partial charge in [0.25, 0.3) is 0 Å². The van der Waals surface area contributed by atoms with Crippen LogP contribution in [0.15, 0.2) is 114 Å². The van der Waals surface area contributed by atoms with Crippen LogP contribution in [0.2, 0.25) is 0 Å². The topological polar surface area (TPSA) is 176 Å². The van der Waals surface area contributed by atoms with Gasteiger partial charge in [-0.15, -0.1) is 6.58 Å². The summed E-state index contributed by atoms with van der Waals surface area (Å²) in [7, 11) is 3.07. The van der Waals surface area contributed by atoms with Gasteiger partial charge in [0.15, 0.2) is 11.5 Å². The minimum atomic E-state index is -1.49. The summed E-state index contributed by atoms with van der Waals surface area (Å²) >= 11 is 0. The van der Waals surface area contributed by atoms with Crippen LogP contribution in [-0.4, -0.2) is 85.5 Å². The number of carbonyl (C=O) groups excluding carboxylic acids is 2. The Balaban J connectivity index is 1.20. The third-order valence-corrected chi connectivity index (χ3v) is 15.5. The van der Waals surface area contributed by atoms with E-state index >= 15 is 4.79 Å². The molecule has 15 heteroatoms. The summed E-state index contributed by atoms with van der Waals surface area (Å²) in [5.41, 5.74) is 4.62. The molecule has 0 aromatic heterocycles. The molecule has 5 aliphatic rings. The molecule has 2 heterocycles. The van der Waals surface area contributed by atoms with Crippen LogP contribution >= 0.6 is 0 Å². The number of hydrogen-bond acceptors (Lipinski definition) is 13. The van der Waals surface area contributed by atoms with Crippen molar-refractivity contribution in [2.45, 2.75) is 114 Å². The average molecular weight is 1010 g/mol. The highest BCUT2D eigenvalue weighted by Gasteiger charge is 2.65. The highest BCUT2D eigenvalue weighted by Crippen LogP contribution is 2.62. The molecule has 394 valence electrons. The lowest BCUT2D eigenvalue weighted by molar-refractivity contribution is -0.258. The van der Waals surface area contributed by atoms with E-state index in [4.69, 9.17) is 43.2 Å². The molecule has 4 aromatic rings. The van der Waals surface area contributed by atoms with Gasteiger partial charge in [-0.1, -0.05) is 92.2 Å². The third-order valence-electron chi connectivity index (χ3n) is 15.5. The van der Waals surface area contributed by atoms with E-state index in [1.54, 1.807) is 37.5 Å². The number of amides is 2. The van der Waals surface area contributed by atoms with Crippen molar-refractivity contribution in [1.82, 2.24) is 4.90 Å². The fourth-order valence-corrected chi connectivity index (χ4v) is 12.0. The van der Waals surface area contributed by atoms with Crippen LogP contribution in [0.25, 0.3) is 0 Å². The van der Waals surface area contributed by atoms with Crippen molar-refractivity contribution in [3.8, 4) is 34.5 Å². The van der Waals surface area contributed by atoms with E-state index in [1.807, 2.05) is 65.6 Å². The molecular weight excluding hydrogens is 943 g/mol. The van der Waals surface area contributed by atoms with E-state index in [1.165, 1.54) is 20.0 Å². The van der Waals surface area contributed by atoms with Crippen molar-refractivity contribution < 1.29 is 57.8 Å². The molecule has 74 heavy (non-hydrogen) atoms. The number of nitrogens with one attached hydrogen (secondary N) is 1. The number of aliphatic hydroxyl groups excluding tert-OH is 2. The van der Waals surface area contributed by atoms with Gasteiger partial charge in [-0.05, 0) is 109 Å². The molecule has 15 nitrogen and oxygen atoms in total. The first-order chi connectivity index (χ1) is 36.2. The summed E-state index contributed by atoms with van der Waals surface area (Å²) in [5, 5.41) is 28.1. The second kappa shape index (κ2) is 24.7. The number of benzene rings is 4. The molecule has 3 aliphatic carbocycles. The number of aliphatic hydroxyl groups is 2. The van der Waals surface area contributed by atoms with Gasteiger partial charge in [0.05, 0.1) is 38.1 Å². The molecule has 0 spiro atoms. The van der Waals surface area contributed by atoms with Gasteiger partial charge >= 0.3 is 6.09 Å². The van der Waals surface area contributed by atoms with Crippen molar-refractivity contribution in [1.29, 1.82) is 0 Å². The van der Waals surface area contributed by atoms with Crippen molar-refractivity contribution in [2.75, 3.05) is 46.1 Å². The SMILES string of the molecule is C=CCO[C@@]12Oc3ccc(OC(=O)Nc4ccc(OC)cc4OC)cc3[C@H]3[C@H](CCCCO)[C@@H](CCCCO)C=C(C(=NOCc4ccccc4)C[C@@H]1N(Cc1ccc4c(c1)OCO4)C(=O)CCC1CCCC1)[C@H]32. The average Bonchev–Trinajstić information content (AvgIpc) is 4.13. The van der Waals surface area contributed by atoms with Gasteiger partial charge in [0.2, 0.25) is 18.5 Å². The first-order valence-electron chi connectivity index (χ1n) is 26.4. The van der Waals surface area contributed by atoms with Crippen molar-refractivity contribution in [3.63, 3.8) is 0 Å². The lowest BCUT2D eigenvalue weighted by Gasteiger charge is -2.60. The lowest BCUT2D eigenvalue weighted by atomic mass is 9.55. The molecule has 9 rings (SSSR count). The molecule has 0 radical (unpaired) electrons. The minimum Gasteiger partial charge on any atom is -0.497 e. The van der Waals surface area contributed by atoms with Crippen LogP contribution < -0.4 is 33.7 Å². The molecule has 4 aromatic carbocycles. The minimum absolute atomic E-state index is 0.0105. The molecule has 2 fully saturated rings. The molecule has 2 amide bonds. The molecule has 0 bridgehead atoms. The van der Waals surface area contributed by atoms with E-state index < -0.39 is 23.8 Å². The molecule has 0 unspecified atom stereocenters. The summed E-state index contributed by atoms with van der Waals surface area (Å²) in [4.78, 5) is 37.5. The second-order valence-corrected chi connectivity index (χ2v) is 20.0. The summed E-state index contributed by atoms with van der Waals surface area (Å²) in [6.07, 6.45) is 13.5. The van der Waals surface area contributed by atoms with E-state index in [9.17, 15) is 15.0 Å². The maximum absolute atomic E-state index is 15.5. The number of rotatable bonds is 24. The Morgan fingerprint density at radius 2 is 1.62 bits per heavy atom. The molecular formula is C59H71N3O12. The van der Waals surface area contributed by atoms with E-state index in [-0.39, 0.29) is 75.6 Å². The Hall–Kier alpha value is -6.55. The maximum atomic E-state index is 15.5. The molecule has 3 N–H and O–H groups in total. The zero-order chi connectivity index (χ0) is 51.4. The Morgan fingerprint density at radius 3 is 2.39 bits per heavy atom. The van der Waals surface area contributed by atoms with Gasteiger partial charge in [-0.25, -0.2) is 4.79 Å². The Kier molecular flexibility index (Phi) is 17.4. The molecule has 2 aliphatic heterocycles.